The van der Waals surface area contributed by atoms with Crippen molar-refractivity contribution in [2.75, 3.05) is 20.2 Å². The fourth-order valence-electron chi connectivity index (χ4n) is 3.20. The number of amides is 1. The van der Waals surface area contributed by atoms with Crippen molar-refractivity contribution in [1.82, 2.24) is 19.7 Å². The molecule has 0 radical (unpaired) electrons. The first-order valence-electron chi connectivity index (χ1n) is 8.77. The Bertz CT molecular complexity index is 946. The maximum atomic E-state index is 13.9. The van der Waals surface area contributed by atoms with Crippen LogP contribution in [0.2, 0.25) is 0 Å². The molecule has 1 aliphatic rings. The molecule has 27 heavy (non-hydrogen) atoms. The van der Waals surface area contributed by atoms with Gasteiger partial charge in [0.2, 0.25) is 0 Å². The number of nitrogens with zero attached hydrogens (tertiary/aromatic N) is 4. The maximum absolute atomic E-state index is 13.9. The second-order valence-electron chi connectivity index (χ2n) is 6.33. The van der Waals surface area contributed by atoms with Gasteiger partial charge in [-0.2, -0.15) is 5.10 Å². The summed E-state index contributed by atoms with van der Waals surface area (Å²) in [7, 11) is 1.40. The molecule has 6 nitrogen and oxygen atoms in total. The Morgan fingerprint density at radius 3 is 2.67 bits per heavy atom. The summed E-state index contributed by atoms with van der Waals surface area (Å²) in [5.41, 5.74) is 1.28. The third kappa shape index (κ3) is 3.40. The Kier molecular flexibility index (Phi) is 4.58. The zero-order valence-corrected chi connectivity index (χ0v) is 14.9. The fourth-order valence-corrected chi connectivity index (χ4v) is 3.20. The monoisotopic (exact) mass is 366 g/mol. The minimum absolute atomic E-state index is 0.125. The van der Waals surface area contributed by atoms with Crippen LogP contribution in [0.25, 0.3) is 11.4 Å². The molecule has 0 atom stereocenters. The number of carbonyl (C=O) groups excluding carboxylic acids is 1. The highest BCUT2D eigenvalue weighted by molar-refractivity contribution is 5.94. The number of aromatic nitrogens is 3. The van der Waals surface area contributed by atoms with Gasteiger partial charge in [0, 0.05) is 30.6 Å². The van der Waals surface area contributed by atoms with Crippen LogP contribution in [0.15, 0.2) is 48.5 Å². The first kappa shape index (κ1) is 17.2. The van der Waals surface area contributed by atoms with Crippen LogP contribution >= 0.6 is 0 Å². The van der Waals surface area contributed by atoms with E-state index in [4.69, 9.17) is 4.74 Å². The Hall–Kier alpha value is -3.22. The van der Waals surface area contributed by atoms with Gasteiger partial charge in [-0.15, -0.1) is 0 Å². The van der Waals surface area contributed by atoms with Crippen molar-refractivity contribution in [3.63, 3.8) is 0 Å². The topological polar surface area (TPSA) is 60.2 Å². The van der Waals surface area contributed by atoms with Crippen LogP contribution in [0.3, 0.4) is 0 Å². The van der Waals surface area contributed by atoms with E-state index >= 15 is 0 Å². The highest BCUT2D eigenvalue weighted by Gasteiger charge is 2.23. The average molecular weight is 366 g/mol. The number of methoxy groups -OCH3 is 1. The van der Waals surface area contributed by atoms with E-state index in [9.17, 15) is 9.18 Å². The smallest absolute Gasteiger partial charge is 0.254 e. The lowest BCUT2D eigenvalue weighted by Gasteiger charge is -2.20. The van der Waals surface area contributed by atoms with Crippen LogP contribution in [0.4, 0.5) is 4.39 Å². The van der Waals surface area contributed by atoms with Gasteiger partial charge in [-0.25, -0.2) is 14.1 Å². The SMILES string of the molecule is COc1ccc(C(=O)N2CCc3nc(-c4ccccc4)nn3CC2)cc1F. The standard InChI is InChI=1S/C20H19FN4O2/c1-27-17-8-7-15(13-16(17)21)20(26)24-10-9-18-22-19(23-25(18)12-11-24)14-5-3-2-4-6-14/h2-8,13H,9-12H2,1H3. The molecule has 4 rings (SSSR count). The van der Waals surface area contributed by atoms with Crippen molar-refractivity contribution in [3.05, 3.63) is 65.7 Å². The molecule has 0 bridgehead atoms. The number of rotatable bonds is 3. The number of fused-ring (bicyclic) bond motifs is 1. The van der Waals surface area contributed by atoms with Crippen molar-refractivity contribution < 1.29 is 13.9 Å². The van der Waals surface area contributed by atoms with Crippen molar-refractivity contribution in [1.29, 1.82) is 0 Å². The van der Waals surface area contributed by atoms with Gasteiger partial charge >= 0.3 is 0 Å². The van der Waals surface area contributed by atoms with Gasteiger partial charge in [0.1, 0.15) is 5.82 Å². The van der Waals surface area contributed by atoms with Crippen molar-refractivity contribution in [2.24, 2.45) is 0 Å². The molecular weight excluding hydrogens is 347 g/mol. The lowest BCUT2D eigenvalue weighted by Crippen LogP contribution is -2.33. The molecule has 2 aromatic carbocycles. The Labute approximate surface area is 156 Å². The van der Waals surface area contributed by atoms with Gasteiger partial charge in [-0.05, 0) is 18.2 Å². The molecule has 3 aromatic rings. The lowest BCUT2D eigenvalue weighted by molar-refractivity contribution is 0.0757. The number of hydrogen-bond acceptors (Lipinski definition) is 4. The van der Waals surface area contributed by atoms with Gasteiger partial charge in [-0.1, -0.05) is 30.3 Å². The van der Waals surface area contributed by atoms with Gasteiger partial charge < -0.3 is 9.64 Å². The van der Waals surface area contributed by atoms with Gasteiger partial charge in [-0.3, -0.25) is 4.79 Å². The molecule has 2 heterocycles. The van der Waals surface area contributed by atoms with Crippen LogP contribution in [0.5, 0.6) is 5.75 Å². The van der Waals surface area contributed by atoms with E-state index < -0.39 is 5.82 Å². The minimum atomic E-state index is -0.541. The molecule has 1 aromatic heterocycles. The molecule has 0 aliphatic carbocycles. The number of benzene rings is 2. The maximum Gasteiger partial charge on any atom is 0.254 e. The fraction of sp³-hybridized carbons (Fsp3) is 0.250. The second-order valence-corrected chi connectivity index (χ2v) is 6.33. The van der Waals surface area contributed by atoms with Gasteiger partial charge in [0.05, 0.1) is 13.7 Å². The highest BCUT2D eigenvalue weighted by atomic mass is 19.1. The highest BCUT2D eigenvalue weighted by Crippen LogP contribution is 2.20. The van der Waals surface area contributed by atoms with E-state index in [0.717, 1.165) is 11.4 Å². The minimum Gasteiger partial charge on any atom is -0.494 e. The summed E-state index contributed by atoms with van der Waals surface area (Å²) in [6.45, 7) is 1.57. The summed E-state index contributed by atoms with van der Waals surface area (Å²) in [4.78, 5) is 19.1. The van der Waals surface area contributed by atoms with Crippen LogP contribution in [-0.4, -0.2) is 45.8 Å². The number of ether oxygens (including phenoxy) is 1. The molecule has 1 amide bonds. The van der Waals surface area contributed by atoms with E-state index in [1.165, 1.54) is 19.2 Å². The molecule has 0 fully saturated rings. The van der Waals surface area contributed by atoms with Gasteiger partial charge in [0.25, 0.3) is 5.91 Å². The van der Waals surface area contributed by atoms with E-state index in [1.54, 1.807) is 11.0 Å². The van der Waals surface area contributed by atoms with Crippen molar-refractivity contribution >= 4 is 5.91 Å². The average Bonchev–Trinajstić information content (AvgIpc) is 3.01. The molecular formula is C20H19FN4O2. The molecule has 0 saturated carbocycles. The molecule has 1 aliphatic heterocycles. The molecule has 138 valence electrons. The third-order valence-corrected chi connectivity index (χ3v) is 4.65. The van der Waals surface area contributed by atoms with E-state index in [0.29, 0.717) is 37.4 Å². The molecule has 0 N–H and O–H groups in total. The molecule has 7 heteroatoms. The van der Waals surface area contributed by atoms with Crippen molar-refractivity contribution in [2.45, 2.75) is 13.0 Å². The van der Waals surface area contributed by atoms with Gasteiger partial charge in [0.15, 0.2) is 17.4 Å². The largest absolute Gasteiger partial charge is 0.494 e. The second kappa shape index (κ2) is 7.19. The summed E-state index contributed by atoms with van der Waals surface area (Å²) in [6, 6.07) is 14.1. The zero-order valence-electron chi connectivity index (χ0n) is 14.9. The normalized spacial score (nSPS) is 13.8. The zero-order chi connectivity index (χ0) is 18.8. The van der Waals surface area contributed by atoms with E-state index in [2.05, 4.69) is 10.1 Å². The predicted molar refractivity (Wildman–Crippen MR) is 98.0 cm³/mol. The Balaban J connectivity index is 1.50. The summed E-state index contributed by atoms with van der Waals surface area (Å²) < 4.78 is 20.7. The number of carbonyl (C=O) groups is 1. The number of hydrogen-bond donors (Lipinski definition) is 0. The summed E-state index contributed by atoms with van der Waals surface area (Å²) in [5, 5.41) is 4.58. The predicted octanol–water partition coefficient (Wildman–Crippen LogP) is 2.79. The van der Waals surface area contributed by atoms with Crippen LogP contribution < -0.4 is 4.74 Å². The summed E-state index contributed by atoms with van der Waals surface area (Å²) in [6.07, 6.45) is 0.601. The first-order valence-corrected chi connectivity index (χ1v) is 8.77. The van der Waals surface area contributed by atoms with Crippen molar-refractivity contribution in [3.8, 4) is 17.1 Å². The van der Waals surface area contributed by atoms with E-state index in [-0.39, 0.29) is 11.7 Å². The lowest BCUT2D eigenvalue weighted by atomic mass is 10.1. The number of halogens is 1. The van der Waals surface area contributed by atoms with Crippen LogP contribution in [-0.2, 0) is 13.0 Å². The molecule has 0 spiro atoms. The third-order valence-electron chi connectivity index (χ3n) is 4.65. The quantitative estimate of drug-likeness (QED) is 0.715. The van der Waals surface area contributed by atoms with Crippen LogP contribution in [0.1, 0.15) is 16.2 Å². The molecule has 0 saturated heterocycles. The Morgan fingerprint density at radius 1 is 1.11 bits per heavy atom. The van der Waals surface area contributed by atoms with Crippen LogP contribution in [0, 0.1) is 5.82 Å². The first-order chi connectivity index (χ1) is 13.2. The summed E-state index contributed by atoms with van der Waals surface area (Å²) >= 11 is 0. The molecule has 0 unspecified atom stereocenters. The van der Waals surface area contributed by atoms with E-state index in [1.807, 2.05) is 35.0 Å². The summed E-state index contributed by atoms with van der Waals surface area (Å²) in [5.74, 6) is 0.929. The Morgan fingerprint density at radius 2 is 1.93 bits per heavy atom.